The zero-order valence-corrected chi connectivity index (χ0v) is 13.9. The minimum absolute atomic E-state index is 0.0521. The molecule has 2 N–H and O–H groups in total. The van der Waals surface area contributed by atoms with Crippen molar-refractivity contribution < 1.29 is 19.1 Å². The van der Waals surface area contributed by atoms with Gasteiger partial charge in [0, 0.05) is 6.54 Å². The molecule has 3 rings (SSSR count). The number of benzene rings is 1. The van der Waals surface area contributed by atoms with Crippen LogP contribution in [-0.2, 0) is 11.3 Å². The molecule has 2 aromatic heterocycles. The summed E-state index contributed by atoms with van der Waals surface area (Å²) >= 11 is 0. The van der Waals surface area contributed by atoms with Crippen LogP contribution in [0.4, 0.5) is 0 Å². The lowest BCUT2D eigenvalue weighted by Gasteiger charge is -2.03. The van der Waals surface area contributed by atoms with E-state index in [1.807, 2.05) is 26.0 Å². The Labute approximate surface area is 143 Å². The summed E-state index contributed by atoms with van der Waals surface area (Å²) in [6.45, 7) is 4.45. The molecule has 1 amide bonds. The molecule has 0 unspecified atom stereocenters. The maximum absolute atomic E-state index is 11.9. The maximum Gasteiger partial charge on any atom is 0.305 e. The number of aromatic nitrogens is 3. The summed E-state index contributed by atoms with van der Waals surface area (Å²) in [5, 5.41) is 19.4. The second-order valence-corrected chi connectivity index (χ2v) is 5.84. The fraction of sp³-hybridized carbons (Fsp3) is 0.294. The highest BCUT2D eigenvalue weighted by molar-refractivity contribution is 5.91. The molecule has 0 aliphatic heterocycles. The average Bonchev–Trinajstić information content (AvgIpc) is 3.16. The van der Waals surface area contributed by atoms with Crippen molar-refractivity contribution >= 4 is 22.9 Å². The zero-order valence-electron chi connectivity index (χ0n) is 13.9. The first-order chi connectivity index (χ1) is 11.9. The molecule has 1 aromatic carbocycles. The number of nitrogens with one attached hydrogen (secondary N) is 1. The zero-order chi connectivity index (χ0) is 18.0. The summed E-state index contributed by atoms with van der Waals surface area (Å²) in [7, 11) is 0. The number of hydrogen-bond donors (Lipinski definition) is 2. The van der Waals surface area contributed by atoms with Crippen LogP contribution in [0.5, 0.6) is 0 Å². The molecule has 0 spiro atoms. The normalized spacial score (nSPS) is 11.0. The van der Waals surface area contributed by atoms with Crippen LogP contribution in [0.25, 0.3) is 11.0 Å². The Hall–Kier alpha value is -3.16. The second-order valence-electron chi connectivity index (χ2n) is 5.84. The molecule has 0 aliphatic rings. The van der Waals surface area contributed by atoms with Crippen molar-refractivity contribution in [3.8, 4) is 0 Å². The monoisotopic (exact) mass is 342 g/mol. The first kappa shape index (κ1) is 16.7. The molecular weight excluding hydrogens is 324 g/mol. The molecule has 2 heterocycles. The summed E-state index contributed by atoms with van der Waals surface area (Å²) in [6.07, 6.45) is -0.136. The van der Waals surface area contributed by atoms with E-state index in [2.05, 4.69) is 15.6 Å². The van der Waals surface area contributed by atoms with E-state index in [0.717, 1.165) is 22.2 Å². The quantitative estimate of drug-likeness (QED) is 0.708. The number of carbonyl (C=O) groups is 2. The maximum atomic E-state index is 11.9. The van der Waals surface area contributed by atoms with Gasteiger partial charge in [0.25, 0.3) is 5.91 Å². The molecule has 25 heavy (non-hydrogen) atoms. The van der Waals surface area contributed by atoms with Crippen LogP contribution in [0.2, 0.25) is 0 Å². The number of nitrogens with zero attached hydrogens (tertiary/aromatic N) is 3. The highest BCUT2D eigenvalue weighted by atomic mass is 16.4. The van der Waals surface area contributed by atoms with Gasteiger partial charge in [0.1, 0.15) is 17.8 Å². The second kappa shape index (κ2) is 6.76. The number of furan rings is 1. The fourth-order valence-electron chi connectivity index (χ4n) is 2.44. The van der Waals surface area contributed by atoms with E-state index < -0.39 is 11.9 Å². The van der Waals surface area contributed by atoms with Gasteiger partial charge in [-0.25, -0.2) is 4.68 Å². The van der Waals surface area contributed by atoms with Gasteiger partial charge in [-0.1, -0.05) is 5.21 Å². The van der Waals surface area contributed by atoms with Crippen molar-refractivity contribution in [3.05, 3.63) is 46.9 Å². The predicted octanol–water partition coefficient (Wildman–Crippen LogP) is 1.89. The molecule has 0 saturated heterocycles. The van der Waals surface area contributed by atoms with E-state index >= 15 is 0 Å². The van der Waals surface area contributed by atoms with E-state index in [-0.39, 0.29) is 18.7 Å². The van der Waals surface area contributed by atoms with E-state index in [4.69, 9.17) is 9.52 Å². The Bertz CT molecular complexity index is 941. The molecule has 0 aliphatic carbocycles. The largest absolute Gasteiger partial charge is 0.481 e. The van der Waals surface area contributed by atoms with Gasteiger partial charge in [0.2, 0.25) is 0 Å². The molecule has 0 bridgehead atoms. The summed E-state index contributed by atoms with van der Waals surface area (Å²) in [5.41, 5.74) is 4.00. The van der Waals surface area contributed by atoms with E-state index in [1.54, 1.807) is 16.8 Å². The Balaban J connectivity index is 1.72. The first-order valence-electron chi connectivity index (χ1n) is 7.83. The number of rotatable bonds is 6. The molecule has 8 nitrogen and oxygen atoms in total. The number of carbonyl (C=O) groups excluding carboxylic acids is 1. The summed E-state index contributed by atoms with van der Waals surface area (Å²) in [5.74, 6) is -0.711. The number of carboxylic acids is 1. The number of amides is 1. The number of hydrogen-bond acceptors (Lipinski definition) is 5. The van der Waals surface area contributed by atoms with Gasteiger partial charge < -0.3 is 14.8 Å². The number of aliphatic carboxylic acids is 1. The van der Waals surface area contributed by atoms with Gasteiger partial charge in [0.05, 0.1) is 11.9 Å². The molecule has 0 radical (unpaired) electrons. The summed E-state index contributed by atoms with van der Waals surface area (Å²) in [6, 6.07) is 7.26. The number of aryl methyl sites for hydroxylation is 2. The molecule has 3 aromatic rings. The van der Waals surface area contributed by atoms with Gasteiger partial charge in [-0.05, 0) is 49.2 Å². The molecule has 0 fully saturated rings. The van der Waals surface area contributed by atoms with Gasteiger partial charge in [-0.15, -0.1) is 5.10 Å². The standard InChI is InChI=1S/C17H18N4O4/c1-10-7-13-14(8-11(10)2)21(20-19-13)9-12-3-4-15(25-12)17(24)18-6-5-16(22)23/h3-4,7-8H,5-6,9H2,1-2H3,(H,18,24)(H,22,23). The van der Waals surface area contributed by atoms with Gasteiger partial charge in [0.15, 0.2) is 5.76 Å². The van der Waals surface area contributed by atoms with Crippen molar-refractivity contribution in [2.45, 2.75) is 26.8 Å². The van der Waals surface area contributed by atoms with Crippen LogP contribution in [0, 0.1) is 13.8 Å². The number of carboxylic acid groups (broad SMARTS) is 1. The molecule has 8 heteroatoms. The Morgan fingerprint density at radius 3 is 2.76 bits per heavy atom. The average molecular weight is 342 g/mol. The van der Waals surface area contributed by atoms with Crippen LogP contribution in [-0.4, -0.2) is 38.5 Å². The summed E-state index contributed by atoms with van der Waals surface area (Å²) in [4.78, 5) is 22.4. The third-order valence-electron chi connectivity index (χ3n) is 3.94. The van der Waals surface area contributed by atoms with Crippen molar-refractivity contribution in [2.75, 3.05) is 6.54 Å². The van der Waals surface area contributed by atoms with Gasteiger partial charge in [-0.3, -0.25) is 9.59 Å². The van der Waals surface area contributed by atoms with Gasteiger partial charge >= 0.3 is 5.97 Å². The lowest BCUT2D eigenvalue weighted by Crippen LogP contribution is -2.25. The van der Waals surface area contributed by atoms with Crippen LogP contribution >= 0.6 is 0 Å². The highest BCUT2D eigenvalue weighted by Crippen LogP contribution is 2.18. The topological polar surface area (TPSA) is 110 Å². The molecule has 0 saturated carbocycles. The van der Waals surface area contributed by atoms with E-state index in [9.17, 15) is 9.59 Å². The number of fused-ring (bicyclic) bond motifs is 1. The lowest BCUT2D eigenvalue weighted by atomic mass is 10.1. The fourth-order valence-corrected chi connectivity index (χ4v) is 2.44. The SMILES string of the molecule is Cc1cc2nnn(Cc3ccc(C(=O)NCCC(=O)O)o3)c2cc1C. The highest BCUT2D eigenvalue weighted by Gasteiger charge is 2.13. The summed E-state index contributed by atoms with van der Waals surface area (Å²) < 4.78 is 7.25. The first-order valence-corrected chi connectivity index (χ1v) is 7.83. The smallest absolute Gasteiger partial charge is 0.305 e. The van der Waals surface area contributed by atoms with Crippen molar-refractivity contribution in [2.24, 2.45) is 0 Å². The van der Waals surface area contributed by atoms with Crippen molar-refractivity contribution in [3.63, 3.8) is 0 Å². The Morgan fingerprint density at radius 1 is 1.24 bits per heavy atom. The van der Waals surface area contributed by atoms with Crippen LogP contribution < -0.4 is 5.32 Å². The Kier molecular flexibility index (Phi) is 4.51. The van der Waals surface area contributed by atoms with E-state index in [1.165, 1.54) is 0 Å². The molecule has 0 atom stereocenters. The molecular formula is C17H18N4O4. The Morgan fingerprint density at radius 2 is 2.00 bits per heavy atom. The van der Waals surface area contributed by atoms with Gasteiger partial charge in [-0.2, -0.15) is 0 Å². The van der Waals surface area contributed by atoms with Crippen molar-refractivity contribution in [1.29, 1.82) is 0 Å². The van der Waals surface area contributed by atoms with E-state index in [0.29, 0.717) is 12.3 Å². The van der Waals surface area contributed by atoms with Crippen molar-refractivity contribution in [1.82, 2.24) is 20.3 Å². The van der Waals surface area contributed by atoms with Crippen LogP contribution in [0.3, 0.4) is 0 Å². The van der Waals surface area contributed by atoms with Crippen LogP contribution in [0.15, 0.2) is 28.7 Å². The third kappa shape index (κ3) is 3.68. The van der Waals surface area contributed by atoms with Crippen LogP contribution in [0.1, 0.15) is 33.9 Å². The lowest BCUT2D eigenvalue weighted by molar-refractivity contribution is -0.136. The molecule has 130 valence electrons. The minimum Gasteiger partial charge on any atom is -0.481 e. The minimum atomic E-state index is -0.968. The third-order valence-corrected chi connectivity index (χ3v) is 3.94. The predicted molar refractivity (Wildman–Crippen MR) is 89.4 cm³/mol.